The van der Waals surface area contributed by atoms with Gasteiger partial charge < -0.3 is 20.3 Å². The van der Waals surface area contributed by atoms with Crippen LogP contribution in [0.1, 0.15) is 12.8 Å². The molecule has 0 bridgehead atoms. The van der Waals surface area contributed by atoms with Gasteiger partial charge in [0, 0.05) is 18.5 Å². The maximum atomic E-state index is 12.4. The van der Waals surface area contributed by atoms with Gasteiger partial charge >= 0.3 is 0 Å². The predicted octanol–water partition coefficient (Wildman–Crippen LogP) is -0.0984. The molecule has 4 rings (SSSR count). The van der Waals surface area contributed by atoms with Gasteiger partial charge in [-0.2, -0.15) is 9.78 Å². The number of rotatable bonds is 3. The minimum atomic E-state index is -2.90. The van der Waals surface area contributed by atoms with Gasteiger partial charge in [-0.05, 0) is 25.0 Å². The molecule has 3 N–H and O–H groups in total. The monoisotopic (exact) mass is 347 g/mol. The molecule has 0 atom stereocenters. The summed E-state index contributed by atoms with van der Waals surface area (Å²) in [6.07, 6.45) is 3.32. The standard InChI is InChI=1S/C15H15BClN3O4/c16-15(22,23)20-13(21)12-9(5-19-20)11(2-1-10(12)17)24-8-3-14(4-8)6-18-7-14/h1-2,5,8,18,22-23H,3-4,6-7H2. The molecular formula is C15H15BClN3O4. The Morgan fingerprint density at radius 3 is 2.71 bits per heavy atom. The highest BCUT2D eigenvalue weighted by atomic mass is 35.5. The summed E-state index contributed by atoms with van der Waals surface area (Å²) < 4.78 is 6.36. The Morgan fingerprint density at radius 2 is 2.12 bits per heavy atom. The normalized spacial score (nSPS) is 20.0. The third kappa shape index (κ3) is 2.41. The number of fused-ring (bicyclic) bond motifs is 1. The number of benzene rings is 1. The Kier molecular flexibility index (Phi) is 3.44. The molecule has 124 valence electrons. The van der Waals surface area contributed by atoms with Crippen LogP contribution in [0.25, 0.3) is 10.8 Å². The van der Waals surface area contributed by atoms with E-state index in [2.05, 4.69) is 10.4 Å². The van der Waals surface area contributed by atoms with Gasteiger partial charge in [0.05, 0.1) is 28.1 Å². The van der Waals surface area contributed by atoms with Gasteiger partial charge in [0.25, 0.3) is 5.56 Å². The number of aromatic nitrogens is 2. The smallest absolute Gasteiger partial charge is 0.280 e. The molecule has 7 nitrogen and oxygen atoms in total. The Hall–Kier alpha value is -1.61. The maximum absolute atomic E-state index is 12.4. The second-order valence-electron chi connectivity index (χ2n) is 6.63. The van der Waals surface area contributed by atoms with Crippen LogP contribution in [0.3, 0.4) is 0 Å². The molecule has 9 heteroatoms. The molecule has 1 aromatic heterocycles. The van der Waals surface area contributed by atoms with Crippen molar-refractivity contribution in [2.24, 2.45) is 5.41 Å². The highest BCUT2D eigenvalue weighted by molar-refractivity contribution is 6.35. The molecule has 1 saturated heterocycles. The van der Waals surface area contributed by atoms with E-state index in [0.717, 1.165) is 25.9 Å². The van der Waals surface area contributed by atoms with E-state index >= 15 is 0 Å². The molecule has 2 aromatic rings. The second kappa shape index (κ2) is 5.19. The van der Waals surface area contributed by atoms with E-state index in [1.165, 1.54) is 12.3 Å². The largest absolute Gasteiger partial charge is 0.490 e. The maximum Gasteiger partial charge on any atom is 0.280 e. The van der Waals surface area contributed by atoms with Crippen LogP contribution in [0.15, 0.2) is 23.1 Å². The number of nitrogens with zero attached hydrogens (tertiary/aromatic N) is 2. The molecule has 2 heterocycles. The first-order chi connectivity index (χ1) is 11.3. The van der Waals surface area contributed by atoms with Crippen molar-refractivity contribution in [1.82, 2.24) is 15.1 Å². The number of hydrogen-bond donors (Lipinski definition) is 3. The van der Waals surface area contributed by atoms with E-state index in [1.807, 2.05) is 0 Å². The number of nitrogens with one attached hydrogen (secondary N) is 1. The van der Waals surface area contributed by atoms with E-state index in [4.69, 9.17) is 24.2 Å². The fourth-order valence-electron chi connectivity index (χ4n) is 3.47. The van der Waals surface area contributed by atoms with Gasteiger partial charge in [-0.1, -0.05) is 11.6 Å². The molecule has 1 aliphatic heterocycles. The summed E-state index contributed by atoms with van der Waals surface area (Å²) in [5.74, 6) is -2.40. The quantitative estimate of drug-likeness (QED) is 0.530. The summed E-state index contributed by atoms with van der Waals surface area (Å²) in [6.45, 7) is 2.04. The fraction of sp³-hybridized carbons (Fsp3) is 0.467. The van der Waals surface area contributed by atoms with Gasteiger partial charge in [0.15, 0.2) is 7.85 Å². The third-order valence-corrected chi connectivity index (χ3v) is 5.10. The predicted molar refractivity (Wildman–Crippen MR) is 88.1 cm³/mol. The lowest BCUT2D eigenvalue weighted by atomic mass is 9.63. The summed E-state index contributed by atoms with van der Waals surface area (Å²) in [5.41, 5.74) is -0.436. The molecule has 2 aliphatic rings. The van der Waals surface area contributed by atoms with Crippen LogP contribution < -0.4 is 15.6 Å². The van der Waals surface area contributed by atoms with Crippen LogP contribution in [-0.2, 0) is 5.81 Å². The van der Waals surface area contributed by atoms with Crippen molar-refractivity contribution in [1.29, 1.82) is 0 Å². The average molecular weight is 348 g/mol. The number of hydrogen-bond acceptors (Lipinski definition) is 6. The molecule has 24 heavy (non-hydrogen) atoms. The lowest BCUT2D eigenvalue weighted by Gasteiger charge is -2.53. The molecule has 1 aliphatic carbocycles. The molecular weight excluding hydrogens is 332 g/mol. The van der Waals surface area contributed by atoms with Crippen molar-refractivity contribution in [2.45, 2.75) is 24.8 Å². The van der Waals surface area contributed by atoms with E-state index in [9.17, 15) is 15.0 Å². The van der Waals surface area contributed by atoms with Gasteiger partial charge in [-0.15, -0.1) is 0 Å². The van der Waals surface area contributed by atoms with Crippen molar-refractivity contribution >= 4 is 30.2 Å². The van der Waals surface area contributed by atoms with Crippen LogP contribution in [0.2, 0.25) is 5.02 Å². The summed E-state index contributed by atoms with van der Waals surface area (Å²) >= 11 is 6.11. The lowest BCUT2D eigenvalue weighted by Crippen LogP contribution is -2.62. The van der Waals surface area contributed by atoms with E-state index in [0.29, 0.717) is 21.2 Å². The van der Waals surface area contributed by atoms with E-state index in [1.54, 1.807) is 6.07 Å². The van der Waals surface area contributed by atoms with Crippen molar-refractivity contribution in [2.75, 3.05) is 13.1 Å². The highest BCUT2D eigenvalue weighted by Gasteiger charge is 2.49. The average Bonchev–Trinajstić information content (AvgIpc) is 2.41. The first kappa shape index (κ1) is 15.9. The topological polar surface area (TPSA) is 96.6 Å². The van der Waals surface area contributed by atoms with Crippen LogP contribution in [0, 0.1) is 5.41 Å². The van der Waals surface area contributed by atoms with E-state index in [-0.39, 0.29) is 16.5 Å². The Balaban J connectivity index is 1.71. The van der Waals surface area contributed by atoms with Crippen molar-refractivity contribution in [3.05, 3.63) is 33.7 Å². The number of halogens is 1. The lowest BCUT2D eigenvalue weighted by molar-refractivity contribution is -0.162. The Morgan fingerprint density at radius 1 is 1.42 bits per heavy atom. The molecule has 0 unspecified atom stereocenters. The van der Waals surface area contributed by atoms with Crippen molar-refractivity contribution in [3.63, 3.8) is 0 Å². The van der Waals surface area contributed by atoms with Gasteiger partial charge in [-0.25, -0.2) is 0 Å². The number of aliphatic hydroxyl groups is 2. The minimum Gasteiger partial charge on any atom is -0.490 e. The van der Waals surface area contributed by atoms with Crippen LogP contribution >= 0.6 is 11.6 Å². The second-order valence-corrected chi connectivity index (χ2v) is 7.04. The van der Waals surface area contributed by atoms with Crippen LogP contribution in [0.5, 0.6) is 5.75 Å². The zero-order valence-corrected chi connectivity index (χ0v) is 13.5. The van der Waals surface area contributed by atoms with Gasteiger partial charge in [0.2, 0.25) is 5.81 Å². The third-order valence-electron chi connectivity index (χ3n) is 4.79. The van der Waals surface area contributed by atoms with E-state index < -0.39 is 11.4 Å². The SMILES string of the molecule is [B]C(O)(O)n1ncc2c(OC3CC4(CNC4)C3)ccc(Cl)c2c1=O. The minimum absolute atomic E-state index is 0.0847. The summed E-state index contributed by atoms with van der Waals surface area (Å²) in [7, 11) is 5.13. The Bertz CT molecular complexity index is 867. The van der Waals surface area contributed by atoms with Crippen LogP contribution in [-0.4, -0.2) is 47.0 Å². The Labute approximate surface area is 143 Å². The molecule has 2 fully saturated rings. The molecule has 1 aromatic carbocycles. The summed E-state index contributed by atoms with van der Waals surface area (Å²) in [5, 5.41) is 26.5. The first-order valence-electron chi connectivity index (χ1n) is 7.61. The van der Waals surface area contributed by atoms with Crippen molar-refractivity contribution in [3.8, 4) is 5.75 Å². The fourth-order valence-corrected chi connectivity index (χ4v) is 3.71. The van der Waals surface area contributed by atoms with Crippen molar-refractivity contribution < 1.29 is 14.9 Å². The summed E-state index contributed by atoms with van der Waals surface area (Å²) in [4.78, 5) is 12.4. The number of ether oxygens (including phenoxy) is 1. The first-order valence-corrected chi connectivity index (χ1v) is 7.99. The highest BCUT2D eigenvalue weighted by Crippen LogP contribution is 2.46. The zero-order chi connectivity index (χ0) is 17.1. The molecule has 1 spiro atoms. The van der Waals surface area contributed by atoms with Gasteiger partial charge in [0.1, 0.15) is 5.75 Å². The van der Waals surface area contributed by atoms with Crippen LogP contribution in [0.4, 0.5) is 0 Å². The molecule has 1 saturated carbocycles. The zero-order valence-electron chi connectivity index (χ0n) is 12.7. The summed E-state index contributed by atoms with van der Waals surface area (Å²) in [6, 6.07) is 3.23. The molecule has 0 amide bonds. The molecule has 2 radical (unpaired) electrons. The van der Waals surface area contributed by atoms with Gasteiger partial charge in [-0.3, -0.25) is 4.79 Å².